The third kappa shape index (κ3) is 4.72. The summed E-state index contributed by atoms with van der Waals surface area (Å²) in [4.78, 5) is 16.4. The van der Waals surface area contributed by atoms with Crippen molar-refractivity contribution in [1.82, 2.24) is 9.55 Å². The summed E-state index contributed by atoms with van der Waals surface area (Å²) < 4.78 is 7.22. The van der Waals surface area contributed by atoms with E-state index in [0.717, 1.165) is 29.4 Å². The van der Waals surface area contributed by atoms with Crippen LogP contribution >= 0.6 is 0 Å². The summed E-state index contributed by atoms with van der Waals surface area (Å²) >= 11 is 0. The van der Waals surface area contributed by atoms with Crippen molar-refractivity contribution in [2.24, 2.45) is 0 Å². The Kier molecular flexibility index (Phi) is 5.69. The number of nitrogens with zero attached hydrogens (tertiary/aromatic N) is 2. The maximum absolute atomic E-state index is 12.1. The van der Waals surface area contributed by atoms with Crippen LogP contribution in [0.3, 0.4) is 0 Å². The average Bonchev–Trinajstić information content (AvgIpc) is 3.07. The molecule has 26 heavy (non-hydrogen) atoms. The number of anilines is 1. The molecule has 0 saturated carbocycles. The van der Waals surface area contributed by atoms with Crippen LogP contribution in [0.25, 0.3) is 0 Å². The summed E-state index contributed by atoms with van der Waals surface area (Å²) in [6, 6.07) is 15.7. The number of amides is 1. The van der Waals surface area contributed by atoms with Gasteiger partial charge in [-0.3, -0.25) is 4.79 Å². The van der Waals surface area contributed by atoms with Gasteiger partial charge in [-0.15, -0.1) is 0 Å². The normalized spacial score (nSPS) is 10.5. The van der Waals surface area contributed by atoms with Crippen LogP contribution in [0.1, 0.15) is 23.4 Å². The molecule has 0 radical (unpaired) electrons. The fourth-order valence-electron chi connectivity index (χ4n) is 2.73. The van der Waals surface area contributed by atoms with E-state index < -0.39 is 0 Å². The highest BCUT2D eigenvalue weighted by atomic mass is 16.5. The molecular weight excluding hydrogens is 326 g/mol. The third-order valence-corrected chi connectivity index (χ3v) is 4.31. The SMILES string of the molecule is COc1ccc(CCC(=O)Nc2ccc(Cn3ccnc3C)cc2)cc1. The highest BCUT2D eigenvalue weighted by Crippen LogP contribution is 2.14. The van der Waals surface area contributed by atoms with Crippen molar-refractivity contribution in [3.8, 4) is 5.75 Å². The van der Waals surface area contributed by atoms with Gasteiger partial charge < -0.3 is 14.6 Å². The average molecular weight is 349 g/mol. The Hall–Kier alpha value is -3.08. The number of nitrogens with one attached hydrogen (secondary N) is 1. The van der Waals surface area contributed by atoms with Crippen molar-refractivity contribution in [1.29, 1.82) is 0 Å². The summed E-state index contributed by atoms with van der Waals surface area (Å²) in [5.74, 6) is 1.82. The Morgan fingerprint density at radius 3 is 2.38 bits per heavy atom. The molecule has 0 aliphatic carbocycles. The maximum Gasteiger partial charge on any atom is 0.224 e. The van der Waals surface area contributed by atoms with E-state index in [0.29, 0.717) is 12.8 Å². The lowest BCUT2D eigenvalue weighted by molar-refractivity contribution is -0.116. The molecule has 0 atom stereocenters. The monoisotopic (exact) mass is 349 g/mol. The van der Waals surface area contributed by atoms with E-state index >= 15 is 0 Å². The number of benzene rings is 2. The number of ether oxygens (including phenoxy) is 1. The van der Waals surface area contributed by atoms with E-state index in [-0.39, 0.29) is 5.91 Å². The van der Waals surface area contributed by atoms with Gasteiger partial charge in [-0.2, -0.15) is 0 Å². The number of hydrogen-bond donors (Lipinski definition) is 1. The van der Waals surface area contributed by atoms with Crippen LogP contribution < -0.4 is 10.1 Å². The van der Waals surface area contributed by atoms with Gasteiger partial charge in [-0.25, -0.2) is 4.98 Å². The first-order valence-corrected chi connectivity index (χ1v) is 8.63. The molecule has 3 rings (SSSR count). The van der Waals surface area contributed by atoms with E-state index in [4.69, 9.17) is 4.74 Å². The molecule has 1 amide bonds. The second-order valence-electron chi connectivity index (χ2n) is 6.20. The predicted octanol–water partition coefficient (Wildman–Crippen LogP) is 3.82. The first-order valence-electron chi connectivity index (χ1n) is 8.63. The molecule has 3 aromatic rings. The van der Waals surface area contributed by atoms with Crippen LogP contribution in [0, 0.1) is 6.92 Å². The first-order chi connectivity index (χ1) is 12.6. The molecular formula is C21H23N3O2. The van der Waals surface area contributed by atoms with E-state index in [1.54, 1.807) is 13.3 Å². The number of carbonyl (C=O) groups excluding carboxylic acids is 1. The quantitative estimate of drug-likeness (QED) is 0.705. The lowest BCUT2D eigenvalue weighted by Crippen LogP contribution is -2.12. The Balaban J connectivity index is 1.50. The zero-order valence-electron chi connectivity index (χ0n) is 15.1. The van der Waals surface area contributed by atoms with E-state index in [1.807, 2.05) is 61.7 Å². The van der Waals surface area contributed by atoms with Crippen molar-refractivity contribution in [3.05, 3.63) is 77.9 Å². The van der Waals surface area contributed by atoms with Crippen LogP contribution in [-0.2, 0) is 17.8 Å². The molecule has 5 nitrogen and oxygen atoms in total. The maximum atomic E-state index is 12.1. The van der Waals surface area contributed by atoms with Crippen molar-refractivity contribution in [2.45, 2.75) is 26.3 Å². The van der Waals surface area contributed by atoms with E-state index in [1.165, 1.54) is 5.56 Å². The number of methoxy groups -OCH3 is 1. The Bertz CT molecular complexity index is 852. The number of aromatic nitrogens is 2. The van der Waals surface area contributed by atoms with Crippen LogP contribution in [0.4, 0.5) is 5.69 Å². The molecule has 0 aliphatic heterocycles. The van der Waals surface area contributed by atoms with Gasteiger partial charge >= 0.3 is 0 Å². The molecule has 0 fully saturated rings. The molecule has 134 valence electrons. The van der Waals surface area contributed by atoms with Crippen LogP contribution in [0.2, 0.25) is 0 Å². The second kappa shape index (κ2) is 8.34. The van der Waals surface area contributed by atoms with Gasteiger partial charge in [0.25, 0.3) is 0 Å². The summed E-state index contributed by atoms with van der Waals surface area (Å²) in [6.07, 6.45) is 4.91. The minimum atomic E-state index is 0.0130. The Morgan fingerprint density at radius 1 is 1.08 bits per heavy atom. The second-order valence-corrected chi connectivity index (χ2v) is 6.20. The standard InChI is InChI=1S/C21H23N3O2/c1-16-22-13-14-24(16)15-18-3-8-19(9-4-18)23-21(25)12-7-17-5-10-20(26-2)11-6-17/h3-6,8-11,13-14H,7,12,15H2,1-2H3,(H,23,25). The molecule has 2 aromatic carbocycles. The molecule has 0 unspecified atom stereocenters. The van der Waals surface area contributed by atoms with Crippen molar-refractivity contribution in [2.75, 3.05) is 12.4 Å². The number of aryl methyl sites for hydroxylation is 2. The molecule has 0 aliphatic rings. The minimum Gasteiger partial charge on any atom is -0.497 e. The molecule has 5 heteroatoms. The summed E-state index contributed by atoms with van der Waals surface area (Å²) in [5, 5.41) is 2.95. The largest absolute Gasteiger partial charge is 0.497 e. The van der Waals surface area contributed by atoms with E-state index in [9.17, 15) is 4.79 Å². The number of carbonyl (C=O) groups is 1. The summed E-state index contributed by atoms with van der Waals surface area (Å²) in [6.45, 7) is 2.76. The van der Waals surface area contributed by atoms with Crippen LogP contribution in [0.15, 0.2) is 60.9 Å². The molecule has 0 spiro atoms. The summed E-state index contributed by atoms with van der Waals surface area (Å²) in [5.41, 5.74) is 3.10. The molecule has 1 aromatic heterocycles. The zero-order chi connectivity index (χ0) is 18.4. The number of hydrogen-bond acceptors (Lipinski definition) is 3. The van der Waals surface area contributed by atoms with Crippen LogP contribution in [0.5, 0.6) is 5.75 Å². The highest BCUT2D eigenvalue weighted by Gasteiger charge is 2.05. The Labute approximate surface area is 153 Å². The molecule has 0 bridgehead atoms. The lowest BCUT2D eigenvalue weighted by atomic mass is 10.1. The van der Waals surface area contributed by atoms with Gasteiger partial charge in [0.1, 0.15) is 11.6 Å². The topological polar surface area (TPSA) is 56.1 Å². The van der Waals surface area contributed by atoms with Gasteiger partial charge in [0.2, 0.25) is 5.91 Å². The third-order valence-electron chi connectivity index (χ3n) is 4.31. The van der Waals surface area contributed by atoms with Gasteiger partial charge in [-0.05, 0) is 48.7 Å². The minimum absolute atomic E-state index is 0.0130. The molecule has 1 heterocycles. The highest BCUT2D eigenvalue weighted by molar-refractivity contribution is 5.90. The number of imidazole rings is 1. The lowest BCUT2D eigenvalue weighted by Gasteiger charge is -2.08. The fourth-order valence-corrected chi connectivity index (χ4v) is 2.73. The molecule has 0 saturated heterocycles. The van der Waals surface area contributed by atoms with Crippen molar-refractivity contribution >= 4 is 11.6 Å². The van der Waals surface area contributed by atoms with Gasteiger partial charge in [-0.1, -0.05) is 24.3 Å². The smallest absolute Gasteiger partial charge is 0.224 e. The van der Waals surface area contributed by atoms with Crippen LogP contribution in [-0.4, -0.2) is 22.6 Å². The Morgan fingerprint density at radius 2 is 1.77 bits per heavy atom. The first kappa shape index (κ1) is 17.7. The van der Waals surface area contributed by atoms with Gasteiger partial charge in [0.15, 0.2) is 0 Å². The predicted molar refractivity (Wildman–Crippen MR) is 102 cm³/mol. The van der Waals surface area contributed by atoms with Crippen molar-refractivity contribution in [3.63, 3.8) is 0 Å². The fraction of sp³-hybridized carbons (Fsp3) is 0.238. The van der Waals surface area contributed by atoms with Crippen molar-refractivity contribution < 1.29 is 9.53 Å². The van der Waals surface area contributed by atoms with Gasteiger partial charge in [0, 0.05) is 31.0 Å². The van der Waals surface area contributed by atoms with Gasteiger partial charge in [0.05, 0.1) is 7.11 Å². The summed E-state index contributed by atoms with van der Waals surface area (Å²) in [7, 11) is 1.64. The molecule has 1 N–H and O–H groups in total. The zero-order valence-corrected chi connectivity index (χ0v) is 15.1. The number of rotatable bonds is 7. The van der Waals surface area contributed by atoms with E-state index in [2.05, 4.69) is 14.9 Å².